The fraction of sp³-hybridized carbons (Fsp3) is 0.375. The van der Waals surface area contributed by atoms with Crippen LogP contribution in [0.25, 0.3) is 0 Å². The first-order valence-corrected chi connectivity index (χ1v) is 7.97. The van der Waals surface area contributed by atoms with Crippen LogP contribution >= 0.6 is 11.3 Å². The van der Waals surface area contributed by atoms with Gasteiger partial charge in [-0.3, -0.25) is 9.69 Å². The lowest BCUT2D eigenvalue weighted by molar-refractivity contribution is -0.143. The van der Waals surface area contributed by atoms with Gasteiger partial charge >= 0.3 is 5.97 Å². The number of thiazole rings is 1. The third-order valence-electron chi connectivity index (χ3n) is 3.70. The molecule has 1 aromatic heterocycles. The van der Waals surface area contributed by atoms with Crippen LogP contribution in [-0.4, -0.2) is 41.7 Å². The summed E-state index contributed by atoms with van der Waals surface area (Å²) in [6.07, 6.45) is 0.689. The second-order valence-corrected chi connectivity index (χ2v) is 6.16. The van der Waals surface area contributed by atoms with Crippen molar-refractivity contribution in [2.75, 3.05) is 20.7 Å². The van der Waals surface area contributed by atoms with Crippen LogP contribution in [0, 0.1) is 12.7 Å². The first-order valence-electron chi connectivity index (χ1n) is 7.09. The highest BCUT2D eigenvalue weighted by Gasteiger charge is 2.28. The molecule has 0 unspecified atom stereocenters. The van der Waals surface area contributed by atoms with Gasteiger partial charge in [0.1, 0.15) is 17.6 Å². The van der Waals surface area contributed by atoms with Crippen LogP contribution in [0.2, 0.25) is 0 Å². The van der Waals surface area contributed by atoms with Gasteiger partial charge < -0.3 is 9.84 Å². The molecule has 23 heavy (non-hydrogen) atoms. The average molecular weight is 338 g/mol. The Morgan fingerprint density at radius 2 is 2.26 bits per heavy atom. The maximum atomic E-state index is 13.6. The molecule has 7 heteroatoms. The van der Waals surface area contributed by atoms with Gasteiger partial charge in [-0.15, -0.1) is 11.3 Å². The fourth-order valence-electron chi connectivity index (χ4n) is 2.45. The zero-order valence-electron chi connectivity index (χ0n) is 13.2. The fourth-order valence-corrected chi connectivity index (χ4v) is 3.22. The third-order valence-corrected chi connectivity index (χ3v) is 4.69. The number of methoxy groups -OCH3 is 1. The van der Waals surface area contributed by atoms with Crippen LogP contribution < -0.4 is 4.74 Å². The second-order valence-electron chi connectivity index (χ2n) is 5.22. The van der Waals surface area contributed by atoms with E-state index in [9.17, 15) is 14.3 Å². The number of aromatic nitrogens is 1. The zero-order valence-corrected chi connectivity index (χ0v) is 14.1. The number of benzene rings is 1. The molecule has 1 heterocycles. The van der Waals surface area contributed by atoms with Gasteiger partial charge in [0.05, 0.1) is 18.3 Å². The molecule has 1 atom stereocenters. The Labute approximate surface area is 138 Å². The van der Waals surface area contributed by atoms with Crippen molar-refractivity contribution >= 4 is 17.3 Å². The molecule has 0 aliphatic rings. The van der Waals surface area contributed by atoms with E-state index in [2.05, 4.69) is 4.98 Å². The molecule has 2 rings (SSSR count). The highest BCUT2D eigenvalue weighted by molar-refractivity contribution is 7.09. The van der Waals surface area contributed by atoms with E-state index in [0.717, 1.165) is 10.6 Å². The average Bonchev–Trinajstić information content (AvgIpc) is 2.90. The molecule has 0 bridgehead atoms. The predicted molar refractivity (Wildman–Crippen MR) is 86.5 cm³/mol. The first-order chi connectivity index (χ1) is 10.9. The summed E-state index contributed by atoms with van der Waals surface area (Å²) in [5.74, 6) is -1.17. The molecule has 1 N–H and O–H groups in total. The van der Waals surface area contributed by atoms with Crippen molar-refractivity contribution in [1.82, 2.24) is 9.88 Å². The van der Waals surface area contributed by atoms with E-state index in [1.807, 2.05) is 6.92 Å². The van der Waals surface area contributed by atoms with Gasteiger partial charge in [-0.2, -0.15) is 0 Å². The molecule has 5 nitrogen and oxygen atoms in total. The zero-order chi connectivity index (χ0) is 17.0. The number of ether oxygens (including phenoxy) is 1. The topological polar surface area (TPSA) is 62.7 Å². The maximum Gasteiger partial charge on any atom is 0.325 e. The molecule has 0 saturated carbocycles. The Kier molecular flexibility index (Phi) is 5.68. The van der Waals surface area contributed by atoms with E-state index in [-0.39, 0.29) is 0 Å². The van der Waals surface area contributed by atoms with Crippen LogP contribution in [0.4, 0.5) is 4.39 Å². The minimum atomic E-state index is -1.04. The van der Waals surface area contributed by atoms with Gasteiger partial charge in [0.25, 0.3) is 0 Å². The van der Waals surface area contributed by atoms with E-state index in [0.29, 0.717) is 24.3 Å². The number of hydrogen-bond donors (Lipinski definition) is 1. The second kappa shape index (κ2) is 7.52. The van der Waals surface area contributed by atoms with Crippen molar-refractivity contribution < 1.29 is 19.0 Å². The largest absolute Gasteiger partial charge is 0.496 e. The highest BCUT2D eigenvalue weighted by atomic mass is 32.1. The Morgan fingerprint density at radius 1 is 1.52 bits per heavy atom. The van der Waals surface area contributed by atoms with Gasteiger partial charge in [0.15, 0.2) is 0 Å². The van der Waals surface area contributed by atoms with Crippen LogP contribution in [0.15, 0.2) is 23.7 Å². The van der Waals surface area contributed by atoms with Crippen molar-refractivity contribution in [2.24, 2.45) is 0 Å². The summed E-state index contributed by atoms with van der Waals surface area (Å²) in [5.41, 5.74) is 3.04. The lowest BCUT2D eigenvalue weighted by Gasteiger charge is -2.26. The maximum absolute atomic E-state index is 13.6. The van der Waals surface area contributed by atoms with Gasteiger partial charge in [0.2, 0.25) is 0 Å². The monoisotopic (exact) mass is 338 g/mol. The van der Waals surface area contributed by atoms with E-state index in [4.69, 9.17) is 4.74 Å². The summed E-state index contributed by atoms with van der Waals surface area (Å²) < 4.78 is 18.7. The predicted octanol–water partition coefficient (Wildman–Crippen LogP) is 2.90. The van der Waals surface area contributed by atoms with Crippen molar-refractivity contribution in [2.45, 2.75) is 19.4 Å². The van der Waals surface area contributed by atoms with Crippen LogP contribution in [0.3, 0.4) is 0 Å². The molecule has 0 spiro atoms. The molecule has 0 saturated heterocycles. The number of aliphatic carboxylic acids is 1. The SMILES string of the molecule is COc1ccc(F)cc1[C@@H](C(=O)O)N(C)CCc1scnc1C. The Hall–Kier alpha value is -1.99. The normalized spacial score (nSPS) is 12.4. The Balaban J connectivity index is 2.22. The number of carboxylic acids is 1. The van der Waals surface area contributed by atoms with Crippen molar-refractivity contribution in [3.8, 4) is 5.75 Å². The Bertz CT molecular complexity index is 690. The molecule has 0 aliphatic heterocycles. The minimum Gasteiger partial charge on any atom is -0.496 e. The summed E-state index contributed by atoms with van der Waals surface area (Å²) in [7, 11) is 3.15. The van der Waals surface area contributed by atoms with Gasteiger partial charge in [-0.05, 0) is 38.6 Å². The number of nitrogens with zero attached hydrogens (tertiary/aromatic N) is 2. The number of carboxylic acid groups (broad SMARTS) is 1. The Morgan fingerprint density at radius 3 is 2.83 bits per heavy atom. The molecule has 1 aromatic carbocycles. The highest BCUT2D eigenvalue weighted by Crippen LogP contribution is 2.30. The summed E-state index contributed by atoms with van der Waals surface area (Å²) in [5, 5.41) is 9.59. The summed E-state index contributed by atoms with van der Waals surface area (Å²) in [6, 6.07) is 2.93. The smallest absolute Gasteiger partial charge is 0.325 e. The van der Waals surface area contributed by atoms with E-state index < -0.39 is 17.8 Å². The number of aryl methyl sites for hydroxylation is 1. The van der Waals surface area contributed by atoms with Gasteiger partial charge in [-0.1, -0.05) is 0 Å². The molecule has 0 radical (unpaired) electrons. The molecule has 0 fully saturated rings. The number of carbonyl (C=O) groups is 1. The summed E-state index contributed by atoms with van der Waals surface area (Å²) in [4.78, 5) is 18.7. The number of rotatable bonds is 7. The van der Waals surface area contributed by atoms with Gasteiger partial charge in [0, 0.05) is 17.0 Å². The van der Waals surface area contributed by atoms with Crippen LogP contribution in [-0.2, 0) is 11.2 Å². The molecular weight excluding hydrogens is 319 g/mol. The van der Waals surface area contributed by atoms with Crippen LogP contribution in [0.1, 0.15) is 22.2 Å². The van der Waals surface area contributed by atoms with Crippen LogP contribution in [0.5, 0.6) is 5.75 Å². The quantitative estimate of drug-likeness (QED) is 0.841. The lowest BCUT2D eigenvalue weighted by Crippen LogP contribution is -2.32. The number of halogens is 1. The summed E-state index contributed by atoms with van der Waals surface area (Å²) in [6.45, 7) is 2.44. The van der Waals surface area contributed by atoms with Gasteiger partial charge in [-0.25, -0.2) is 9.37 Å². The van der Waals surface area contributed by atoms with Crippen molar-refractivity contribution in [1.29, 1.82) is 0 Å². The number of likely N-dealkylation sites (N-methyl/N-ethyl adjacent to an activating group) is 1. The number of hydrogen-bond acceptors (Lipinski definition) is 5. The summed E-state index contributed by atoms with van der Waals surface area (Å²) >= 11 is 1.55. The van der Waals surface area contributed by atoms with Crippen molar-refractivity contribution in [3.63, 3.8) is 0 Å². The third kappa shape index (κ3) is 4.05. The lowest BCUT2D eigenvalue weighted by atomic mass is 10.0. The van der Waals surface area contributed by atoms with E-state index in [1.165, 1.54) is 25.3 Å². The van der Waals surface area contributed by atoms with E-state index >= 15 is 0 Å². The van der Waals surface area contributed by atoms with E-state index in [1.54, 1.807) is 28.8 Å². The minimum absolute atomic E-state index is 0.309. The van der Waals surface area contributed by atoms with Crippen molar-refractivity contribution in [3.05, 3.63) is 45.7 Å². The molecule has 0 aliphatic carbocycles. The molecular formula is C16H19FN2O3S. The first kappa shape index (κ1) is 17.4. The molecule has 0 amide bonds. The molecule has 124 valence electrons. The standard InChI is InChI=1S/C16H19FN2O3S/c1-10-14(23-9-18-10)6-7-19(2)15(16(20)21)12-8-11(17)4-5-13(12)22-3/h4-5,8-9,15H,6-7H2,1-3H3,(H,20,21)/t15-/m0/s1. The molecule has 2 aromatic rings.